The summed E-state index contributed by atoms with van der Waals surface area (Å²) in [6.07, 6.45) is 4.52. The number of amides is 1. The predicted molar refractivity (Wildman–Crippen MR) is 80.6 cm³/mol. The molecule has 1 atom stereocenters. The first-order valence-corrected chi connectivity index (χ1v) is 7.54. The first kappa shape index (κ1) is 13.6. The van der Waals surface area contributed by atoms with Crippen LogP contribution in [0.3, 0.4) is 0 Å². The minimum atomic E-state index is -0.112. The van der Waals surface area contributed by atoms with E-state index in [1.807, 2.05) is 30.3 Å². The van der Waals surface area contributed by atoms with Gasteiger partial charge >= 0.3 is 0 Å². The molecule has 0 bridgehead atoms. The Bertz CT molecular complexity index is 676. The molecule has 1 aliphatic heterocycles. The van der Waals surface area contributed by atoms with Crippen molar-refractivity contribution in [1.82, 2.24) is 15.2 Å². The number of nitrogens with one attached hydrogen (secondary N) is 1. The van der Waals surface area contributed by atoms with E-state index in [0.717, 1.165) is 17.0 Å². The van der Waals surface area contributed by atoms with Crippen LogP contribution in [0, 0.1) is 11.5 Å². The van der Waals surface area contributed by atoms with E-state index in [2.05, 4.69) is 16.5 Å². The summed E-state index contributed by atoms with van der Waals surface area (Å²) in [5.41, 5.74) is 1.01. The van der Waals surface area contributed by atoms with Gasteiger partial charge in [-0.1, -0.05) is 30.3 Å². The van der Waals surface area contributed by atoms with Gasteiger partial charge in [0.2, 0.25) is 0 Å². The molecule has 1 saturated heterocycles. The lowest BCUT2D eigenvalue weighted by atomic mass is 10.2. The molecule has 6 heteroatoms. The molecule has 0 saturated carbocycles. The molecule has 3 rings (SSSR count). The average molecular weight is 298 g/mol. The van der Waals surface area contributed by atoms with Crippen molar-refractivity contribution in [2.45, 2.75) is 12.5 Å². The lowest BCUT2D eigenvalue weighted by molar-refractivity contribution is 0.0942. The smallest absolute Gasteiger partial charge is 0.263 e. The Morgan fingerprint density at radius 1 is 1.43 bits per heavy atom. The van der Waals surface area contributed by atoms with Crippen LogP contribution in [0.5, 0.6) is 0 Å². The van der Waals surface area contributed by atoms with Gasteiger partial charge in [-0.3, -0.25) is 4.79 Å². The highest BCUT2D eigenvalue weighted by molar-refractivity contribution is 7.16. The lowest BCUT2D eigenvalue weighted by Crippen LogP contribution is -2.36. The van der Waals surface area contributed by atoms with Crippen molar-refractivity contribution < 1.29 is 4.79 Å². The third kappa shape index (κ3) is 3.03. The van der Waals surface area contributed by atoms with Crippen LogP contribution in [0.2, 0.25) is 0 Å². The minimum absolute atomic E-state index is 0.0411. The van der Waals surface area contributed by atoms with E-state index in [4.69, 9.17) is 5.26 Å². The molecular formula is C15H14N4OS. The summed E-state index contributed by atoms with van der Waals surface area (Å²) in [4.78, 5) is 18.8. The van der Waals surface area contributed by atoms with Crippen LogP contribution in [0.15, 0.2) is 36.5 Å². The number of carbonyl (C=O) groups is 1. The third-order valence-corrected chi connectivity index (χ3v) is 4.46. The number of thiazole rings is 1. The topological polar surface area (TPSA) is 69.0 Å². The van der Waals surface area contributed by atoms with E-state index >= 15 is 0 Å². The summed E-state index contributed by atoms with van der Waals surface area (Å²) in [6.45, 7) is 1.30. The van der Waals surface area contributed by atoms with Crippen molar-refractivity contribution >= 4 is 17.2 Å². The van der Waals surface area contributed by atoms with Crippen LogP contribution in [-0.2, 0) is 0 Å². The number of carbonyl (C=O) groups excluding carboxylic acids is 1. The molecule has 0 unspecified atom stereocenters. The Morgan fingerprint density at radius 3 is 2.95 bits per heavy atom. The van der Waals surface area contributed by atoms with Gasteiger partial charge in [-0.25, -0.2) is 4.98 Å². The first-order valence-electron chi connectivity index (χ1n) is 6.73. The molecule has 2 aromatic rings. The van der Waals surface area contributed by atoms with Crippen LogP contribution in [0.4, 0.5) is 0 Å². The Labute approximate surface area is 126 Å². The molecule has 0 spiro atoms. The van der Waals surface area contributed by atoms with Crippen molar-refractivity contribution in [1.29, 1.82) is 5.26 Å². The Hall–Kier alpha value is -2.39. The van der Waals surface area contributed by atoms with Crippen LogP contribution in [0.25, 0.3) is 10.6 Å². The third-order valence-electron chi connectivity index (χ3n) is 3.42. The largest absolute Gasteiger partial charge is 0.347 e. The van der Waals surface area contributed by atoms with E-state index in [-0.39, 0.29) is 11.9 Å². The molecule has 1 fully saturated rings. The molecule has 5 nitrogen and oxygen atoms in total. The molecule has 1 aromatic carbocycles. The maximum atomic E-state index is 12.2. The zero-order chi connectivity index (χ0) is 14.7. The molecule has 1 N–H and O–H groups in total. The average Bonchev–Trinajstić information content (AvgIpc) is 3.17. The lowest BCUT2D eigenvalue weighted by Gasteiger charge is -2.10. The second kappa shape index (κ2) is 5.94. The quantitative estimate of drug-likeness (QED) is 0.881. The predicted octanol–water partition coefficient (Wildman–Crippen LogP) is 2.10. The molecule has 0 radical (unpaired) electrons. The summed E-state index contributed by atoms with van der Waals surface area (Å²) in [5.74, 6) is -0.112. The highest BCUT2D eigenvalue weighted by Crippen LogP contribution is 2.24. The van der Waals surface area contributed by atoms with Gasteiger partial charge in [-0.2, -0.15) is 5.26 Å². The fourth-order valence-electron chi connectivity index (χ4n) is 2.32. The molecule has 1 aromatic heterocycles. The molecule has 1 aliphatic rings. The van der Waals surface area contributed by atoms with Gasteiger partial charge in [0.15, 0.2) is 6.19 Å². The Morgan fingerprint density at radius 2 is 2.24 bits per heavy atom. The standard InChI is InChI=1S/C15H14N4OS/c16-10-19-7-6-12(9-19)18-14(20)13-8-17-15(21-13)11-4-2-1-3-5-11/h1-5,8,12H,6-7,9H2,(H,18,20)/t12-/m1/s1. The first-order chi connectivity index (χ1) is 10.3. The number of nitrogens with zero attached hydrogens (tertiary/aromatic N) is 3. The molecule has 21 heavy (non-hydrogen) atoms. The minimum Gasteiger partial charge on any atom is -0.347 e. The molecule has 106 valence electrons. The molecule has 0 aliphatic carbocycles. The molecule has 2 heterocycles. The van der Waals surface area contributed by atoms with Gasteiger partial charge in [0.1, 0.15) is 9.88 Å². The SMILES string of the molecule is N#CN1CC[C@@H](NC(=O)c2cnc(-c3ccccc3)s2)C1. The summed E-state index contributed by atoms with van der Waals surface area (Å²) in [6, 6.07) is 9.84. The van der Waals surface area contributed by atoms with Gasteiger partial charge in [-0.15, -0.1) is 11.3 Å². The van der Waals surface area contributed by atoms with E-state index in [1.54, 1.807) is 11.1 Å². The molecule has 1 amide bonds. The number of hydrogen-bond donors (Lipinski definition) is 1. The maximum Gasteiger partial charge on any atom is 0.263 e. The van der Waals surface area contributed by atoms with Gasteiger partial charge in [0.05, 0.1) is 6.20 Å². The number of likely N-dealkylation sites (tertiary alicyclic amines) is 1. The summed E-state index contributed by atoms with van der Waals surface area (Å²) in [7, 11) is 0. The summed E-state index contributed by atoms with van der Waals surface area (Å²) < 4.78 is 0. The van der Waals surface area contributed by atoms with Crippen molar-refractivity contribution in [2.24, 2.45) is 0 Å². The highest BCUT2D eigenvalue weighted by atomic mass is 32.1. The van der Waals surface area contributed by atoms with Crippen molar-refractivity contribution in [2.75, 3.05) is 13.1 Å². The molecular weight excluding hydrogens is 284 g/mol. The van der Waals surface area contributed by atoms with E-state index in [0.29, 0.717) is 18.0 Å². The Kier molecular flexibility index (Phi) is 3.84. The monoisotopic (exact) mass is 298 g/mol. The van der Waals surface area contributed by atoms with Gasteiger partial charge in [0, 0.05) is 24.7 Å². The second-order valence-electron chi connectivity index (χ2n) is 4.90. The van der Waals surface area contributed by atoms with Crippen molar-refractivity contribution in [3.05, 3.63) is 41.4 Å². The number of benzene rings is 1. The van der Waals surface area contributed by atoms with Gasteiger partial charge in [0.25, 0.3) is 5.91 Å². The van der Waals surface area contributed by atoms with Crippen LogP contribution < -0.4 is 5.32 Å². The summed E-state index contributed by atoms with van der Waals surface area (Å²) >= 11 is 1.38. The van der Waals surface area contributed by atoms with E-state index in [9.17, 15) is 4.79 Å². The fourth-order valence-corrected chi connectivity index (χ4v) is 3.14. The van der Waals surface area contributed by atoms with E-state index < -0.39 is 0 Å². The zero-order valence-corrected chi connectivity index (χ0v) is 12.1. The van der Waals surface area contributed by atoms with Gasteiger partial charge < -0.3 is 10.2 Å². The normalized spacial score (nSPS) is 17.5. The summed E-state index contributed by atoms with van der Waals surface area (Å²) in [5, 5.41) is 12.6. The van der Waals surface area contributed by atoms with Crippen LogP contribution >= 0.6 is 11.3 Å². The zero-order valence-electron chi connectivity index (χ0n) is 11.3. The number of aromatic nitrogens is 1. The van der Waals surface area contributed by atoms with Crippen LogP contribution in [0.1, 0.15) is 16.1 Å². The Balaban J connectivity index is 1.67. The second-order valence-corrected chi connectivity index (χ2v) is 5.93. The van der Waals surface area contributed by atoms with Crippen molar-refractivity contribution in [3.8, 4) is 16.8 Å². The van der Waals surface area contributed by atoms with Crippen molar-refractivity contribution in [3.63, 3.8) is 0 Å². The maximum absolute atomic E-state index is 12.2. The number of nitriles is 1. The van der Waals surface area contributed by atoms with Crippen LogP contribution in [-0.4, -0.2) is 34.9 Å². The van der Waals surface area contributed by atoms with E-state index in [1.165, 1.54) is 11.3 Å². The number of rotatable bonds is 3. The highest BCUT2D eigenvalue weighted by Gasteiger charge is 2.24. The van der Waals surface area contributed by atoms with Gasteiger partial charge in [-0.05, 0) is 6.42 Å². The fraction of sp³-hybridized carbons (Fsp3) is 0.267. The number of hydrogen-bond acceptors (Lipinski definition) is 5.